The highest BCUT2D eigenvalue weighted by Crippen LogP contribution is 2.33. The second-order valence-electron chi connectivity index (χ2n) is 8.68. The van der Waals surface area contributed by atoms with Crippen molar-refractivity contribution in [3.05, 3.63) is 83.8 Å². The first-order valence-corrected chi connectivity index (χ1v) is 11.4. The summed E-state index contributed by atoms with van der Waals surface area (Å²) in [5.74, 6) is 5.49. The van der Waals surface area contributed by atoms with Gasteiger partial charge in [-0.3, -0.25) is 4.90 Å². The fraction of sp³-hybridized carbons (Fsp3) is 0.143. The molecule has 0 atom stereocenters. The number of hydrogen-bond donors (Lipinski definition) is 3. The van der Waals surface area contributed by atoms with E-state index in [4.69, 9.17) is 5.73 Å². The van der Waals surface area contributed by atoms with E-state index < -0.39 is 29.3 Å². The molecule has 0 fully saturated rings. The topological polar surface area (TPSA) is 83.3 Å². The standard InChI is InChI=1S/C28H23F4N5O/c1-37(2)14-4-7-24-21-6-3-5-20(22(21)16-26(33)35-24)17-8-11-19(12-9-17)34-27(38)36-25-15-18(28(30,31)32)10-13-23(25)29/h3,5-6,8-13,15-16H,14H2,1-2H3,(H2,33,35)(H2,34,36,38). The Labute approximate surface area is 216 Å². The number of nitrogens with zero attached hydrogens (tertiary/aromatic N) is 2. The number of nitrogens with two attached hydrogens (primary N) is 1. The number of hydrogen-bond acceptors (Lipinski definition) is 4. The molecule has 0 unspecified atom stereocenters. The van der Waals surface area contributed by atoms with Crippen LogP contribution in [0, 0.1) is 17.7 Å². The van der Waals surface area contributed by atoms with E-state index in [0.29, 0.717) is 41.9 Å². The minimum Gasteiger partial charge on any atom is -0.384 e. The second-order valence-corrected chi connectivity index (χ2v) is 8.68. The molecular weight excluding hydrogens is 498 g/mol. The predicted molar refractivity (Wildman–Crippen MR) is 141 cm³/mol. The van der Waals surface area contributed by atoms with Crippen LogP contribution in [0.2, 0.25) is 0 Å². The molecule has 0 radical (unpaired) electrons. The van der Waals surface area contributed by atoms with Gasteiger partial charge in [-0.05, 0) is 72.9 Å². The summed E-state index contributed by atoms with van der Waals surface area (Å²) in [6.07, 6.45) is -4.67. The van der Waals surface area contributed by atoms with E-state index in [1.54, 1.807) is 30.3 Å². The maximum absolute atomic E-state index is 14.0. The van der Waals surface area contributed by atoms with Crippen LogP contribution in [-0.2, 0) is 6.18 Å². The summed E-state index contributed by atoms with van der Waals surface area (Å²) < 4.78 is 52.7. The lowest BCUT2D eigenvalue weighted by molar-refractivity contribution is -0.137. The zero-order valence-electron chi connectivity index (χ0n) is 20.4. The highest BCUT2D eigenvalue weighted by Gasteiger charge is 2.31. The van der Waals surface area contributed by atoms with Crippen molar-refractivity contribution in [2.75, 3.05) is 37.0 Å². The third-order valence-corrected chi connectivity index (χ3v) is 5.49. The second kappa shape index (κ2) is 10.8. The maximum Gasteiger partial charge on any atom is 0.416 e. The molecule has 2 amide bonds. The van der Waals surface area contributed by atoms with Crippen molar-refractivity contribution in [3.63, 3.8) is 0 Å². The summed E-state index contributed by atoms with van der Waals surface area (Å²) >= 11 is 0. The van der Waals surface area contributed by atoms with Gasteiger partial charge >= 0.3 is 12.2 Å². The number of carbonyl (C=O) groups excluding carboxylic acids is 1. The number of carbonyl (C=O) groups is 1. The number of amides is 2. The van der Waals surface area contributed by atoms with Crippen molar-refractivity contribution in [1.82, 2.24) is 9.88 Å². The number of urea groups is 1. The zero-order valence-corrected chi connectivity index (χ0v) is 20.4. The molecule has 4 N–H and O–H groups in total. The van der Waals surface area contributed by atoms with Crippen LogP contribution in [0.25, 0.3) is 21.9 Å². The summed E-state index contributed by atoms with van der Waals surface area (Å²) in [5, 5.41) is 6.30. The first kappa shape index (κ1) is 26.4. The molecule has 194 valence electrons. The number of pyridine rings is 1. The van der Waals surface area contributed by atoms with Crippen LogP contribution < -0.4 is 16.4 Å². The van der Waals surface area contributed by atoms with E-state index in [-0.39, 0.29) is 0 Å². The Bertz CT molecular complexity index is 1550. The fourth-order valence-electron chi connectivity index (χ4n) is 3.74. The van der Waals surface area contributed by atoms with Gasteiger partial charge in [0.2, 0.25) is 0 Å². The van der Waals surface area contributed by atoms with E-state index in [0.717, 1.165) is 21.9 Å². The molecule has 0 spiro atoms. The molecule has 4 rings (SSSR count). The highest BCUT2D eigenvalue weighted by molar-refractivity contribution is 6.02. The largest absolute Gasteiger partial charge is 0.416 e. The van der Waals surface area contributed by atoms with Crippen LogP contribution in [0.4, 0.5) is 39.5 Å². The van der Waals surface area contributed by atoms with Gasteiger partial charge in [0.1, 0.15) is 17.3 Å². The van der Waals surface area contributed by atoms with E-state index in [9.17, 15) is 22.4 Å². The number of halogens is 4. The molecule has 0 aliphatic rings. The Morgan fingerprint density at radius 1 is 1.00 bits per heavy atom. The van der Waals surface area contributed by atoms with Gasteiger partial charge in [-0.1, -0.05) is 36.3 Å². The molecule has 0 saturated heterocycles. The van der Waals surface area contributed by atoms with Crippen LogP contribution in [0.5, 0.6) is 0 Å². The van der Waals surface area contributed by atoms with Crippen molar-refractivity contribution in [1.29, 1.82) is 0 Å². The van der Waals surface area contributed by atoms with Gasteiger partial charge in [-0.2, -0.15) is 13.2 Å². The number of alkyl halides is 3. The van der Waals surface area contributed by atoms with Crippen LogP contribution in [0.1, 0.15) is 11.3 Å². The summed E-state index contributed by atoms with van der Waals surface area (Å²) in [6, 6.07) is 15.2. The monoisotopic (exact) mass is 521 g/mol. The first-order chi connectivity index (χ1) is 18.0. The third kappa shape index (κ3) is 6.19. The van der Waals surface area contributed by atoms with Crippen LogP contribution >= 0.6 is 0 Å². The van der Waals surface area contributed by atoms with E-state index in [1.807, 2.05) is 37.2 Å². The normalized spacial score (nSPS) is 11.2. The molecule has 1 heterocycles. The van der Waals surface area contributed by atoms with E-state index in [1.165, 1.54) is 0 Å². The molecule has 0 saturated carbocycles. The minimum absolute atomic E-state index is 0.330. The number of fused-ring (bicyclic) bond motifs is 1. The Morgan fingerprint density at radius 2 is 1.74 bits per heavy atom. The van der Waals surface area contributed by atoms with Gasteiger partial charge < -0.3 is 16.4 Å². The summed E-state index contributed by atoms with van der Waals surface area (Å²) in [6.45, 7) is 0.570. The Balaban J connectivity index is 1.56. The van der Waals surface area contributed by atoms with Crippen molar-refractivity contribution in [3.8, 4) is 23.0 Å². The van der Waals surface area contributed by atoms with E-state index >= 15 is 0 Å². The number of aromatic nitrogens is 1. The molecule has 0 aliphatic heterocycles. The average molecular weight is 522 g/mol. The Morgan fingerprint density at radius 3 is 2.42 bits per heavy atom. The third-order valence-electron chi connectivity index (χ3n) is 5.49. The Kier molecular flexibility index (Phi) is 7.50. The lowest BCUT2D eigenvalue weighted by Gasteiger charge is -2.12. The maximum atomic E-state index is 14.0. The number of nitrogens with one attached hydrogen (secondary N) is 2. The quantitative estimate of drug-likeness (QED) is 0.221. The van der Waals surface area contributed by atoms with E-state index in [2.05, 4.69) is 27.5 Å². The van der Waals surface area contributed by atoms with Crippen molar-refractivity contribution in [2.45, 2.75) is 6.18 Å². The van der Waals surface area contributed by atoms with Gasteiger partial charge in [0, 0.05) is 11.1 Å². The van der Waals surface area contributed by atoms with Crippen LogP contribution in [-0.4, -0.2) is 36.6 Å². The van der Waals surface area contributed by atoms with Gasteiger partial charge in [-0.25, -0.2) is 14.2 Å². The first-order valence-electron chi connectivity index (χ1n) is 11.4. The smallest absolute Gasteiger partial charge is 0.384 e. The molecule has 4 aromatic rings. The number of rotatable bonds is 4. The fourth-order valence-corrected chi connectivity index (χ4v) is 3.74. The van der Waals surface area contributed by atoms with Crippen molar-refractivity contribution >= 4 is 34.0 Å². The van der Waals surface area contributed by atoms with Crippen LogP contribution in [0.15, 0.2) is 66.7 Å². The van der Waals surface area contributed by atoms with Gasteiger partial charge in [0.25, 0.3) is 0 Å². The van der Waals surface area contributed by atoms with Gasteiger partial charge in [0.15, 0.2) is 0 Å². The molecule has 1 aromatic heterocycles. The molecule has 38 heavy (non-hydrogen) atoms. The zero-order chi connectivity index (χ0) is 27.4. The van der Waals surface area contributed by atoms with Gasteiger partial charge in [0.05, 0.1) is 17.8 Å². The summed E-state index contributed by atoms with van der Waals surface area (Å²) in [4.78, 5) is 18.6. The number of nitrogen functional groups attached to an aromatic ring is 1. The number of anilines is 3. The van der Waals surface area contributed by atoms with Crippen LogP contribution in [0.3, 0.4) is 0 Å². The van der Waals surface area contributed by atoms with Gasteiger partial charge in [-0.15, -0.1) is 0 Å². The lowest BCUT2D eigenvalue weighted by Crippen LogP contribution is -2.20. The summed E-state index contributed by atoms with van der Waals surface area (Å²) in [7, 11) is 3.84. The average Bonchev–Trinajstić information content (AvgIpc) is 2.84. The number of benzene rings is 3. The minimum atomic E-state index is -4.67. The molecule has 0 bridgehead atoms. The van der Waals surface area contributed by atoms with Crippen molar-refractivity contribution in [2.24, 2.45) is 0 Å². The molecular formula is C28H23F4N5O. The summed E-state index contributed by atoms with van der Waals surface area (Å²) in [5.41, 5.74) is 7.02. The molecule has 10 heteroatoms. The van der Waals surface area contributed by atoms with Crippen molar-refractivity contribution < 1.29 is 22.4 Å². The SMILES string of the molecule is CN(C)CC#Cc1nc(N)cc2c(-c3ccc(NC(=O)Nc4cc(C(F)(F)F)ccc4F)cc3)cccc12. The predicted octanol–water partition coefficient (Wildman–Crippen LogP) is 6.20. The Hall–Kier alpha value is -4.62. The molecule has 3 aromatic carbocycles. The molecule has 0 aliphatic carbocycles. The lowest BCUT2D eigenvalue weighted by atomic mass is 9.97. The highest BCUT2D eigenvalue weighted by atomic mass is 19.4. The molecule has 6 nitrogen and oxygen atoms in total.